The first-order valence-corrected chi connectivity index (χ1v) is 13.2. The Bertz CT molecular complexity index is 1660. The van der Waals surface area contributed by atoms with Crippen LogP contribution in [0.15, 0.2) is 106 Å². The van der Waals surface area contributed by atoms with Crippen LogP contribution in [0.3, 0.4) is 0 Å². The number of nitrogens with two attached hydrogens (primary N) is 2. The van der Waals surface area contributed by atoms with E-state index in [1.54, 1.807) is 42.7 Å². The Kier molecular flexibility index (Phi) is 7.39. The standard InChI is InChI=1S/C29H22Br2N6O/c30-17-9-11-20(25(15-17)36-28-23(32)7-3-13-34-28)19-5-1-2-6-21(19)27(38)22-12-10-18(31)16-26(22)37-29-24(33)8-4-14-35-29/h1-16H,32-33H2,(H,34,36)(H,35,37). The van der Waals surface area contributed by atoms with Crippen LogP contribution in [0.2, 0.25) is 0 Å². The quantitative estimate of drug-likeness (QED) is 0.137. The van der Waals surface area contributed by atoms with Crippen LogP contribution in [0.5, 0.6) is 0 Å². The van der Waals surface area contributed by atoms with Crippen LogP contribution >= 0.6 is 31.9 Å². The molecular weight excluding hydrogens is 608 g/mol. The van der Waals surface area contributed by atoms with Crippen molar-refractivity contribution < 1.29 is 4.79 Å². The van der Waals surface area contributed by atoms with Crippen molar-refractivity contribution in [2.45, 2.75) is 0 Å². The molecule has 0 amide bonds. The minimum absolute atomic E-state index is 0.156. The van der Waals surface area contributed by atoms with Gasteiger partial charge in [0.15, 0.2) is 17.4 Å². The monoisotopic (exact) mass is 628 g/mol. The van der Waals surface area contributed by atoms with Crippen LogP contribution < -0.4 is 22.1 Å². The first-order chi connectivity index (χ1) is 18.4. The summed E-state index contributed by atoms with van der Waals surface area (Å²) in [5.41, 5.74) is 17.2. The van der Waals surface area contributed by atoms with Crippen molar-refractivity contribution >= 4 is 72.0 Å². The number of hydrogen-bond donors (Lipinski definition) is 4. The summed E-state index contributed by atoms with van der Waals surface area (Å²) in [4.78, 5) is 22.7. The van der Waals surface area contributed by atoms with Crippen LogP contribution in [0.1, 0.15) is 15.9 Å². The summed E-state index contributed by atoms with van der Waals surface area (Å²) in [6, 6.07) is 25.8. The summed E-state index contributed by atoms with van der Waals surface area (Å²) in [7, 11) is 0. The average molecular weight is 630 g/mol. The molecule has 188 valence electrons. The number of halogens is 2. The van der Waals surface area contributed by atoms with Gasteiger partial charge in [-0.2, -0.15) is 0 Å². The molecule has 2 heterocycles. The molecule has 0 fully saturated rings. The lowest BCUT2D eigenvalue weighted by Gasteiger charge is -2.17. The molecule has 0 spiro atoms. The minimum Gasteiger partial charge on any atom is -0.396 e. The zero-order chi connectivity index (χ0) is 26.6. The zero-order valence-electron chi connectivity index (χ0n) is 20.0. The number of hydrogen-bond acceptors (Lipinski definition) is 7. The molecule has 0 radical (unpaired) electrons. The van der Waals surface area contributed by atoms with Crippen LogP contribution in [-0.4, -0.2) is 15.8 Å². The van der Waals surface area contributed by atoms with Gasteiger partial charge >= 0.3 is 0 Å². The molecular formula is C29H22Br2N6O. The van der Waals surface area contributed by atoms with E-state index in [0.717, 1.165) is 25.8 Å². The van der Waals surface area contributed by atoms with Crippen LogP contribution in [0.25, 0.3) is 11.1 Å². The maximum Gasteiger partial charge on any atom is 0.195 e. The fraction of sp³-hybridized carbons (Fsp3) is 0. The summed E-state index contributed by atoms with van der Waals surface area (Å²) in [5, 5.41) is 6.55. The van der Waals surface area contributed by atoms with E-state index in [4.69, 9.17) is 11.5 Å². The molecule has 5 aromatic rings. The van der Waals surface area contributed by atoms with Gasteiger partial charge in [0, 0.05) is 43.7 Å². The fourth-order valence-corrected chi connectivity index (χ4v) is 4.76. The Hall–Kier alpha value is -4.21. The number of aromatic nitrogens is 2. The first kappa shape index (κ1) is 25.4. The summed E-state index contributed by atoms with van der Waals surface area (Å²) < 4.78 is 1.68. The molecule has 0 saturated carbocycles. The van der Waals surface area contributed by atoms with Crippen molar-refractivity contribution in [2.24, 2.45) is 0 Å². The predicted octanol–water partition coefficient (Wildman–Crippen LogP) is 7.55. The van der Waals surface area contributed by atoms with E-state index in [-0.39, 0.29) is 5.78 Å². The van der Waals surface area contributed by atoms with E-state index in [0.29, 0.717) is 39.8 Å². The number of nitrogens with zero attached hydrogens (tertiary/aromatic N) is 2. The third-order valence-corrected chi connectivity index (χ3v) is 6.84. The lowest BCUT2D eigenvalue weighted by atomic mass is 9.92. The van der Waals surface area contributed by atoms with E-state index in [9.17, 15) is 4.79 Å². The van der Waals surface area contributed by atoms with Crippen molar-refractivity contribution in [3.63, 3.8) is 0 Å². The number of pyridine rings is 2. The molecule has 0 aliphatic heterocycles. The molecule has 3 aromatic carbocycles. The average Bonchev–Trinajstić information content (AvgIpc) is 2.91. The summed E-state index contributed by atoms with van der Waals surface area (Å²) in [6.07, 6.45) is 3.31. The van der Waals surface area contributed by atoms with E-state index in [1.165, 1.54) is 0 Å². The number of nitrogens with one attached hydrogen (secondary N) is 2. The molecule has 0 aliphatic rings. The zero-order valence-corrected chi connectivity index (χ0v) is 23.1. The molecule has 0 bridgehead atoms. The molecule has 0 unspecified atom stereocenters. The fourth-order valence-electron chi connectivity index (χ4n) is 4.03. The number of anilines is 6. The van der Waals surface area contributed by atoms with Crippen molar-refractivity contribution in [2.75, 3.05) is 22.1 Å². The molecule has 38 heavy (non-hydrogen) atoms. The van der Waals surface area contributed by atoms with Crippen molar-refractivity contribution in [3.8, 4) is 11.1 Å². The highest BCUT2D eigenvalue weighted by molar-refractivity contribution is 9.10. The second-order valence-corrected chi connectivity index (χ2v) is 10.2. The van der Waals surface area contributed by atoms with E-state index < -0.39 is 0 Å². The molecule has 0 aliphatic carbocycles. The van der Waals surface area contributed by atoms with Gasteiger partial charge < -0.3 is 22.1 Å². The van der Waals surface area contributed by atoms with E-state index in [1.807, 2.05) is 54.6 Å². The Morgan fingerprint density at radius 2 is 1.21 bits per heavy atom. The van der Waals surface area contributed by atoms with Crippen molar-refractivity contribution in [1.29, 1.82) is 0 Å². The smallest absolute Gasteiger partial charge is 0.195 e. The third kappa shape index (κ3) is 5.39. The number of rotatable bonds is 7. The largest absolute Gasteiger partial charge is 0.396 e. The summed E-state index contributed by atoms with van der Waals surface area (Å²) in [5.74, 6) is 0.847. The van der Waals surface area contributed by atoms with Gasteiger partial charge in [-0.1, -0.05) is 62.2 Å². The Labute approximate surface area is 236 Å². The minimum atomic E-state index is -0.156. The van der Waals surface area contributed by atoms with Crippen LogP contribution in [0.4, 0.5) is 34.4 Å². The highest BCUT2D eigenvalue weighted by Gasteiger charge is 2.20. The summed E-state index contributed by atoms with van der Waals surface area (Å²) in [6.45, 7) is 0. The van der Waals surface area contributed by atoms with Gasteiger partial charge in [0.1, 0.15) is 0 Å². The number of carbonyl (C=O) groups is 1. The first-order valence-electron chi connectivity index (χ1n) is 11.6. The molecule has 7 nitrogen and oxygen atoms in total. The summed E-state index contributed by atoms with van der Waals surface area (Å²) >= 11 is 7.06. The second kappa shape index (κ2) is 11.0. The van der Waals surface area contributed by atoms with Gasteiger partial charge in [-0.25, -0.2) is 9.97 Å². The van der Waals surface area contributed by atoms with Gasteiger partial charge in [-0.05, 0) is 60.2 Å². The molecule has 2 aromatic heterocycles. The van der Waals surface area contributed by atoms with Crippen molar-refractivity contribution in [1.82, 2.24) is 9.97 Å². The molecule has 0 saturated heterocycles. The molecule has 0 atom stereocenters. The Morgan fingerprint density at radius 3 is 1.87 bits per heavy atom. The highest BCUT2D eigenvalue weighted by atomic mass is 79.9. The second-order valence-electron chi connectivity index (χ2n) is 8.39. The van der Waals surface area contributed by atoms with Crippen LogP contribution in [0, 0.1) is 0 Å². The van der Waals surface area contributed by atoms with E-state index >= 15 is 0 Å². The topological polar surface area (TPSA) is 119 Å². The SMILES string of the molecule is Nc1cccnc1Nc1cc(Br)ccc1C(=O)c1ccccc1-c1ccc(Br)cc1Nc1ncccc1N. The Morgan fingerprint density at radius 1 is 0.632 bits per heavy atom. The highest BCUT2D eigenvalue weighted by Crippen LogP contribution is 2.37. The normalized spacial score (nSPS) is 10.7. The van der Waals surface area contributed by atoms with Gasteiger partial charge in [0.25, 0.3) is 0 Å². The number of nitrogen functional groups attached to an aromatic ring is 2. The van der Waals surface area contributed by atoms with Gasteiger partial charge in [0.05, 0.1) is 17.1 Å². The predicted molar refractivity (Wildman–Crippen MR) is 161 cm³/mol. The van der Waals surface area contributed by atoms with Gasteiger partial charge in [-0.15, -0.1) is 0 Å². The van der Waals surface area contributed by atoms with Crippen molar-refractivity contribution in [3.05, 3.63) is 117 Å². The number of benzene rings is 3. The molecule has 5 rings (SSSR count). The third-order valence-electron chi connectivity index (χ3n) is 5.85. The number of carbonyl (C=O) groups excluding carboxylic acids is 1. The lowest BCUT2D eigenvalue weighted by molar-refractivity contribution is 0.104. The molecule has 9 heteroatoms. The van der Waals surface area contributed by atoms with Gasteiger partial charge in [-0.3, -0.25) is 4.79 Å². The molecule has 6 N–H and O–H groups in total. The van der Waals surface area contributed by atoms with E-state index in [2.05, 4.69) is 52.5 Å². The lowest BCUT2D eigenvalue weighted by Crippen LogP contribution is -2.09. The number of ketones is 1. The van der Waals surface area contributed by atoms with Crippen LogP contribution in [-0.2, 0) is 0 Å². The maximum absolute atomic E-state index is 14.1. The van der Waals surface area contributed by atoms with Gasteiger partial charge in [0.2, 0.25) is 0 Å². The Balaban J connectivity index is 1.59. The maximum atomic E-state index is 14.1.